The molecule has 0 atom stereocenters. The van der Waals surface area contributed by atoms with Crippen molar-refractivity contribution in [3.8, 4) is 5.75 Å². The number of carbonyl (C=O) groups excluding carboxylic acids is 1. The van der Waals surface area contributed by atoms with E-state index in [9.17, 15) is 23.1 Å². The number of anilines is 1. The molecule has 1 rings (SSSR count). The van der Waals surface area contributed by atoms with Gasteiger partial charge in [0.05, 0.1) is 17.8 Å². The van der Waals surface area contributed by atoms with E-state index >= 15 is 0 Å². The number of hydrogen-bond acceptors (Lipinski definition) is 3. The summed E-state index contributed by atoms with van der Waals surface area (Å²) in [5, 5.41) is 14.2. The van der Waals surface area contributed by atoms with Gasteiger partial charge >= 0.3 is 12.6 Å². The quantitative estimate of drug-likeness (QED) is 0.723. The lowest BCUT2D eigenvalue weighted by Crippen LogP contribution is -2.52. The topological polar surface area (TPSA) is 70.6 Å². The zero-order valence-electron chi connectivity index (χ0n) is 12.3. The third-order valence-corrected chi connectivity index (χ3v) is 3.44. The normalized spacial score (nSPS) is 11.4. The summed E-state index contributed by atoms with van der Waals surface area (Å²) in [5.41, 5.74) is -1.06. The van der Waals surface area contributed by atoms with E-state index in [1.165, 1.54) is 0 Å². The molecule has 0 heterocycles. The summed E-state index contributed by atoms with van der Waals surface area (Å²) in [6, 6.07) is 2.06. The van der Waals surface area contributed by atoms with Crippen LogP contribution in [0.1, 0.15) is 26.7 Å². The highest BCUT2D eigenvalue weighted by Gasteiger charge is 2.27. The summed E-state index contributed by atoms with van der Waals surface area (Å²) in [5.74, 6) is -1.06. The van der Waals surface area contributed by atoms with Crippen LogP contribution >= 0.6 is 0 Å². The number of alkyl halides is 2. The molecule has 1 aromatic carbocycles. The molecule has 22 heavy (non-hydrogen) atoms. The molecular weight excluding hydrogens is 301 g/mol. The Balaban J connectivity index is 2.89. The lowest BCUT2D eigenvalue weighted by atomic mass is 9.94. The molecule has 0 spiro atoms. The predicted molar refractivity (Wildman–Crippen MR) is 75.6 cm³/mol. The lowest BCUT2D eigenvalue weighted by Gasteiger charge is -2.30. The first-order valence-corrected chi connectivity index (χ1v) is 6.80. The van der Waals surface area contributed by atoms with Gasteiger partial charge in [-0.25, -0.2) is 9.18 Å². The third kappa shape index (κ3) is 4.80. The Morgan fingerprint density at radius 2 is 2.00 bits per heavy atom. The number of halogens is 3. The van der Waals surface area contributed by atoms with Crippen LogP contribution in [0.15, 0.2) is 18.2 Å². The molecule has 0 aliphatic heterocycles. The van der Waals surface area contributed by atoms with Crippen molar-refractivity contribution in [3.05, 3.63) is 24.0 Å². The van der Waals surface area contributed by atoms with Crippen molar-refractivity contribution in [2.24, 2.45) is 0 Å². The van der Waals surface area contributed by atoms with Gasteiger partial charge in [-0.3, -0.25) is 0 Å². The number of aliphatic hydroxyl groups is 1. The summed E-state index contributed by atoms with van der Waals surface area (Å²) in [7, 11) is 0. The highest BCUT2D eigenvalue weighted by Crippen LogP contribution is 2.27. The number of benzene rings is 1. The first-order chi connectivity index (χ1) is 10.4. The maximum atomic E-state index is 13.2. The van der Waals surface area contributed by atoms with Crippen molar-refractivity contribution in [2.75, 3.05) is 11.9 Å². The maximum absolute atomic E-state index is 13.2. The first-order valence-electron chi connectivity index (χ1n) is 6.80. The molecular formula is C14H19F3N2O3. The fourth-order valence-corrected chi connectivity index (χ4v) is 1.88. The number of ether oxygens (including phenoxy) is 1. The van der Waals surface area contributed by atoms with E-state index in [4.69, 9.17) is 0 Å². The van der Waals surface area contributed by atoms with Crippen LogP contribution in [0, 0.1) is 5.82 Å². The summed E-state index contributed by atoms with van der Waals surface area (Å²) in [6.45, 7) is 0.190. The molecule has 2 amide bonds. The molecule has 0 fully saturated rings. The van der Waals surface area contributed by atoms with Gasteiger partial charge in [-0.15, -0.1) is 0 Å². The Hall–Kier alpha value is -1.96. The molecule has 8 heteroatoms. The number of rotatable bonds is 7. The second-order valence-corrected chi connectivity index (χ2v) is 4.74. The summed E-state index contributed by atoms with van der Waals surface area (Å²) >= 11 is 0. The van der Waals surface area contributed by atoms with E-state index in [2.05, 4.69) is 15.4 Å². The maximum Gasteiger partial charge on any atom is 0.387 e. The lowest BCUT2D eigenvalue weighted by molar-refractivity contribution is -0.0494. The molecule has 0 aromatic heterocycles. The number of carbonyl (C=O) groups is 1. The summed E-state index contributed by atoms with van der Waals surface area (Å²) < 4.78 is 42.0. The van der Waals surface area contributed by atoms with E-state index in [1.807, 2.05) is 0 Å². The van der Waals surface area contributed by atoms with Crippen LogP contribution in [-0.4, -0.2) is 29.9 Å². The van der Waals surface area contributed by atoms with Gasteiger partial charge in [0, 0.05) is 6.07 Å². The van der Waals surface area contributed by atoms with Crippen LogP contribution in [-0.2, 0) is 0 Å². The van der Waals surface area contributed by atoms with E-state index in [-0.39, 0.29) is 18.0 Å². The van der Waals surface area contributed by atoms with Crippen LogP contribution in [0.5, 0.6) is 5.75 Å². The van der Waals surface area contributed by atoms with Gasteiger partial charge in [0.15, 0.2) is 0 Å². The van der Waals surface area contributed by atoms with Gasteiger partial charge in [0.25, 0.3) is 0 Å². The van der Waals surface area contributed by atoms with Gasteiger partial charge < -0.3 is 20.5 Å². The average Bonchev–Trinajstić information content (AvgIpc) is 2.47. The van der Waals surface area contributed by atoms with Crippen LogP contribution in [0.2, 0.25) is 0 Å². The van der Waals surface area contributed by atoms with Gasteiger partial charge in [0.1, 0.15) is 11.6 Å². The van der Waals surface area contributed by atoms with Crippen molar-refractivity contribution >= 4 is 11.7 Å². The van der Waals surface area contributed by atoms with Crippen molar-refractivity contribution in [2.45, 2.75) is 38.8 Å². The van der Waals surface area contributed by atoms with E-state index in [0.29, 0.717) is 12.8 Å². The molecule has 0 saturated heterocycles. The second kappa shape index (κ2) is 7.88. The monoisotopic (exact) mass is 320 g/mol. The first kappa shape index (κ1) is 18.1. The largest absolute Gasteiger partial charge is 0.433 e. The summed E-state index contributed by atoms with van der Waals surface area (Å²) in [4.78, 5) is 12.0. The van der Waals surface area contributed by atoms with Crippen LogP contribution in [0.25, 0.3) is 0 Å². The number of aliphatic hydroxyl groups excluding tert-OH is 1. The molecule has 124 valence electrons. The fourth-order valence-electron chi connectivity index (χ4n) is 1.88. The van der Waals surface area contributed by atoms with Gasteiger partial charge in [-0.2, -0.15) is 8.78 Å². The second-order valence-electron chi connectivity index (χ2n) is 4.74. The highest BCUT2D eigenvalue weighted by atomic mass is 19.3. The fraction of sp³-hybridized carbons (Fsp3) is 0.500. The van der Waals surface area contributed by atoms with Crippen molar-refractivity contribution in [1.82, 2.24) is 5.32 Å². The molecule has 0 aliphatic rings. The zero-order valence-corrected chi connectivity index (χ0v) is 12.3. The molecule has 0 aliphatic carbocycles. The minimum absolute atomic E-state index is 0.225. The minimum Gasteiger partial charge on any atom is -0.433 e. The molecule has 3 N–H and O–H groups in total. The zero-order chi connectivity index (χ0) is 16.8. The molecule has 1 aromatic rings. The van der Waals surface area contributed by atoms with Crippen molar-refractivity contribution < 1.29 is 27.8 Å². The molecule has 0 bridgehead atoms. The Morgan fingerprint density at radius 3 is 2.50 bits per heavy atom. The number of amides is 2. The molecule has 0 unspecified atom stereocenters. The van der Waals surface area contributed by atoms with E-state index in [0.717, 1.165) is 18.2 Å². The Labute approximate surface area is 126 Å². The Bertz CT molecular complexity index is 500. The van der Waals surface area contributed by atoms with Gasteiger partial charge in [-0.1, -0.05) is 13.8 Å². The van der Waals surface area contributed by atoms with Gasteiger partial charge in [0.2, 0.25) is 0 Å². The standard InChI is InChI=1S/C14H19F3N2O3/c1-3-14(4-2,8-20)19-13(21)18-10-7-9(15)5-6-11(10)22-12(16)17/h5-7,12,20H,3-4,8H2,1-2H3,(H2,18,19,21). The molecule has 5 nitrogen and oxygen atoms in total. The van der Waals surface area contributed by atoms with Crippen LogP contribution in [0.3, 0.4) is 0 Å². The van der Waals surface area contributed by atoms with Crippen molar-refractivity contribution in [1.29, 1.82) is 0 Å². The SMILES string of the molecule is CCC(CC)(CO)NC(=O)Nc1cc(F)ccc1OC(F)F. The number of urea groups is 1. The van der Waals surface area contributed by atoms with Crippen LogP contribution < -0.4 is 15.4 Å². The Morgan fingerprint density at radius 1 is 1.36 bits per heavy atom. The summed E-state index contributed by atoms with van der Waals surface area (Å²) in [6.07, 6.45) is 0.938. The highest BCUT2D eigenvalue weighted by molar-refractivity contribution is 5.91. The van der Waals surface area contributed by atoms with E-state index in [1.54, 1.807) is 13.8 Å². The Kier molecular flexibility index (Phi) is 6.48. The van der Waals surface area contributed by atoms with Crippen molar-refractivity contribution in [3.63, 3.8) is 0 Å². The smallest absolute Gasteiger partial charge is 0.387 e. The van der Waals surface area contributed by atoms with Crippen LogP contribution in [0.4, 0.5) is 23.7 Å². The predicted octanol–water partition coefficient (Wildman–Crippen LogP) is 3.10. The third-order valence-electron chi connectivity index (χ3n) is 3.44. The van der Waals surface area contributed by atoms with E-state index < -0.39 is 24.0 Å². The van der Waals surface area contributed by atoms with Gasteiger partial charge in [-0.05, 0) is 25.0 Å². The molecule has 0 saturated carbocycles. The molecule has 0 radical (unpaired) electrons. The number of nitrogens with one attached hydrogen (secondary N) is 2. The average molecular weight is 320 g/mol. The minimum atomic E-state index is -3.10. The number of hydrogen-bond donors (Lipinski definition) is 3.